The monoisotopic (exact) mass is 316 g/mol. The Kier molecular flexibility index (Phi) is 5.61. The van der Waals surface area contributed by atoms with Crippen molar-refractivity contribution in [3.05, 3.63) is 64.7 Å². The Balaban J connectivity index is 2.26. The van der Waals surface area contributed by atoms with Crippen LogP contribution >= 0.6 is 11.6 Å². The summed E-state index contributed by atoms with van der Waals surface area (Å²) in [5, 5.41) is 9.98. The van der Waals surface area contributed by atoms with Gasteiger partial charge in [-0.1, -0.05) is 42.8 Å². The van der Waals surface area contributed by atoms with Crippen LogP contribution in [-0.2, 0) is 4.79 Å². The van der Waals surface area contributed by atoms with Gasteiger partial charge in [0.05, 0.1) is 12.2 Å². The summed E-state index contributed by atoms with van der Waals surface area (Å²) in [6.07, 6.45) is 2.58. The van der Waals surface area contributed by atoms with E-state index in [1.54, 1.807) is 30.3 Å². The predicted octanol–water partition coefficient (Wildman–Crippen LogP) is 4.75. The van der Waals surface area contributed by atoms with E-state index in [4.69, 9.17) is 16.3 Å². The maximum absolute atomic E-state index is 11.5. The predicted molar refractivity (Wildman–Crippen MR) is 89.2 cm³/mol. The molecule has 22 heavy (non-hydrogen) atoms. The van der Waals surface area contributed by atoms with E-state index in [-0.39, 0.29) is 5.57 Å². The summed E-state index contributed by atoms with van der Waals surface area (Å²) in [7, 11) is 0. The number of hydrogen-bond donors (Lipinski definition) is 1. The van der Waals surface area contributed by atoms with Gasteiger partial charge in [0.25, 0.3) is 0 Å². The molecule has 0 aliphatic rings. The Bertz CT molecular complexity index is 658. The van der Waals surface area contributed by atoms with E-state index in [0.717, 1.165) is 17.7 Å². The van der Waals surface area contributed by atoms with Crippen molar-refractivity contribution in [1.29, 1.82) is 0 Å². The van der Waals surface area contributed by atoms with Crippen molar-refractivity contribution in [1.82, 2.24) is 0 Å². The zero-order valence-corrected chi connectivity index (χ0v) is 13.0. The molecule has 0 fully saturated rings. The molecule has 3 nitrogen and oxygen atoms in total. The van der Waals surface area contributed by atoms with Gasteiger partial charge in [0, 0.05) is 5.02 Å². The van der Waals surface area contributed by atoms with Crippen LogP contribution < -0.4 is 4.74 Å². The highest BCUT2D eigenvalue weighted by Gasteiger charge is 2.10. The molecule has 0 atom stereocenters. The van der Waals surface area contributed by atoms with Gasteiger partial charge in [-0.2, -0.15) is 0 Å². The SMILES string of the molecule is CCCOc1ccc(/C=C(\C(=O)O)c2ccc(Cl)cc2)cc1. The van der Waals surface area contributed by atoms with Crippen molar-refractivity contribution in [2.45, 2.75) is 13.3 Å². The first-order valence-electron chi connectivity index (χ1n) is 7.04. The first kappa shape index (κ1) is 16.1. The zero-order chi connectivity index (χ0) is 15.9. The first-order valence-corrected chi connectivity index (χ1v) is 7.41. The van der Waals surface area contributed by atoms with Crippen molar-refractivity contribution in [2.75, 3.05) is 6.61 Å². The first-order chi connectivity index (χ1) is 10.6. The molecule has 2 aromatic rings. The van der Waals surface area contributed by atoms with Crippen molar-refractivity contribution in [3.63, 3.8) is 0 Å². The third-order valence-corrected chi connectivity index (χ3v) is 3.30. The van der Waals surface area contributed by atoms with Crippen molar-refractivity contribution in [2.24, 2.45) is 0 Å². The van der Waals surface area contributed by atoms with Gasteiger partial charge in [0.2, 0.25) is 0 Å². The van der Waals surface area contributed by atoms with E-state index in [1.807, 2.05) is 31.2 Å². The van der Waals surface area contributed by atoms with E-state index in [2.05, 4.69) is 0 Å². The molecule has 2 aromatic carbocycles. The molecule has 0 bridgehead atoms. The Hall–Kier alpha value is -2.26. The quantitative estimate of drug-likeness (QED) is 0.617. The van der Waals surface area contributed by atoms with E-state index in [9.17, 15) is 9.90 Å². The Morgan fingerprint density at radius 3 is 2.32 bits per heavy atom. The van der Waals surface area contributed by atoms with E-state index < -0.39 is 5.97 Å². The molecule has 0 aliphatic carbocycles. The summed E-state index contributed by atoms with van der Waals surface area (Å²) in [6.45, 7) is 2.71. The van der Waals surface area contributed by atoms with Crippen LogP contribution in [0.4, 0.5) is 0 Å². The lowest BCUT2D eigenvalue weighted by molar-refractivity contribution is -0.130. The highest BCUT2D eigenvalue weighted by molar-refractivity contribution is 6.30. The van der Waals surface area contributed by atoms with Crippen LogP contribution in [0.25, 0.3) is 11.6 Å². The van der Waals surface area contributed by atoms with Gasteiger partial charge in [-0.25, -0.2) is 4.79 Å². The Morgan fingerprint density at radius 2 is 1.77 bits per heavy atom. The maximum Gasteiger partial charge on any atom is 0.336 e. The Morgan fingerprint density at radius 1 is 1.14 bits per heavy atom. The highest BCUT2D eigenvalue weighted by atomic mass is 35.5. The lowest BCUT2D eigenvalue weighted by atomic mass is 10.0. The summed E-state index contributed by atoms with van der Waals surface area (Å²) in [4.78, 5) is 11.5. The van der Waals surface area contributed by atoms with Gasteiger partial charge in [-0.05, 0) is 47.9 Å². The highest BCUT2D eigenvalue weighted by Crippen LogP contribution is 2.22. The molecule has 0 unspecified atom stereocenters. The largest absolute Gasteiger partial charge is 0.494 e. The number of rotatable bonds is 6. The van der Waals surface area contributed by atoms with Crippen molar-refractivity contribution >= 4 is 29.2 Å². The van der Waals surface area contributed by atoms with E-state index in [0.29, 0.717) is 17.2 Å². The van der Waals surface area contributed by atoms with Gasteiger partial charge in [-0.15, -0.1) is 0 Å². The van der Waals surface area contributed by atoms with Crippen molar-refractivity contribution in [3.8, 4) is 5.75 Å². The number of ether oxygens (including phenoxy) is 1. The molecule has 0 aliphatic heterocycles. The normalized spacial score (nSPS) is 11.3. The lowest BCUT2D eigenvalue weighted by Crippen LogP contribution is -1.99. The molecule has 0 amide bonds. The second-order valence-corrected chi connectivity index (χ2v) is 5.22. The fourth-order valence-electron chi connectivity index (χ4n) is 1.94. The van der Waals surface area contributed by atoms with Gasteiger partial charge in [0.1, 0.15) is 5.75 Å². The fraction of sp³-hybridized carbons (Fsp3) is 0.167. The van der Waals surface area contributed by atoms with Gasteiger partial charge < -0.3 is 9.84 Å². The molecule has 0 saturated carbocycles. The number of carboxylic acid groups (broad SMARTS) is 1. The number of hydrogen-bond acceptors (Lipinski definition) is 2. The molecule has 0 heterocycles. The minimum Gasteiger partial charge on any atom is -0.494 e. The van der Waals surface area contributed by atoms with Crippen LogP contribution in [0.5, 0.6) is 5.75 Å². The maximum atomic E-state index is 11.5. The van der Waals surface area contributed by atoms with Crippen LogP contribution in [0.2, 0.25) is 5.02 Å². The summed E-state index contributed by atoms with van der Waals surface area (Å²) in [6, 6.07) is 14.1. The van der Waals surface area contributed by atoms with Gasteiger partial charge in [-0.3, -0.25) is 0 Å². The number of aliphatic carboxylic acids is 1. The van der Waals surface area contributed by atoms with E-state index >= 15 is 0 Å². The van der Waals surface area contributed by atoms with Crippen LogP contribution in [0, 0.1) is 0 Å². The average molecular weight is 317 g/mol. The standard InChI is InChI=1S/C18H17ClO3/c1-2-11-22-16-9-3-13(4-10-16)12-17(18(20)21)14-5-7-15(19)8-6-14/h3-10,12H,2,11H2,1H3,(H,20,21)/b17-12-. The Labute approximate surface area is 134 Å². The van der Waals surface area contributed by atoms with Crippen molar-refractivity contribution < 1.29 is 14.6 Å². The minimum absolute atomic E-state index is 0.221. The summed E-state index contributed by atoms with van der Waals surface area (Å²) >= 11 is 5.83. The number of benzene rings is 2. The zero-order valence-electron chi connectivity index (χ0n) is 12.3. The molecule has 4 heteroatoms. The minimum atomic E-state index is -0.978. The second kappa shape index (κ2) is 7.66. The van der Waals surface area contributed by atoms with Crippen LogP contribution in [0.3, 0.4) is 0 Å². The molecular formula is C18H17ClO3. The summed E-state index contributed by atoms with van der Waals surface area (Å²) < 4.78 is 5.51. The number of carbonyl (C=O) groups is 1. The molecular weight excluding hydrogens is 300 g/mol. The number of carboxylic acids is 1. The molecule has 1 N–H and O–H groups in total. The third-order valence-electron chi connectivity index (χ3n) is 3.05. The topological polar surface area (TPSA) is 46.5 Å². The van der Waals surface area contributed by atoms with Crippen LogP contribution in [0.1, 0.15) is 24.5 Å². The average Bonchev–Trinajstić information content (AvgIpc) is 2.52. The molecule has 114 valence electrons. The lowest BCUT2D eigenvalue weighted by Gasteiger charge is -2.06. The molecule has 0 saturated heterocycles. The third kappa shape index (κ3) is 4.37. The smallest absolute Gasteiger partial charge is 0.336 e. The van der Waals surface area contributed by atoms with Crippen LogP contribution in [0.15, 0.2) is 48.5 Å². The van der Waals surface area contributed by atoms with E-state index in [1.165, 1.54) is 0 Å². The molecule has 0 aromatic heterocycles. The van der Waals surface area contributed by atoms with Crippen LogP contribution in [-0.4, -0.2) is 17.7 Å². The van der Waals surface area contributed by atoms with Gasteiger partial charge in [0.15, 0.2) is 0 Å². The summed E-state index contributed by atoms with van der Waals surface area (Å²) in [5.74, 6) is -0.198. The summed E-state index contributed by atoms with van der Waals surface area (Å²) in [5.41, 5.74) is 1.64. The van der Waals surface area contributed by atoms with Gasteiger partial charge >= 0.3 is 5.97 Å². The second-order valence-electron chi connectivity index (χ2n) is 4.79. The molecule has 0 radical (unpaired) electrons. The fourth-order valence-corrected chi connectivity index (χ4v) is 2.07. The molecule has 2 rings (SSSR count). The number of halogens is 1. The molecule has 0 spiro atoms.